The summed E-state index contributed by atoms with van der Waals surface area (Å²) in [6.45, 7) is 0.189. The molecule has 6 heteroatoms. The Kier molecular flexibility index (Phi) is 4.98. The van der Waals surface area contributed by atoms with E-state index in [0.717, 1.165) is 11.6 Å². The van der Waals surface area contributed by atoms with E-state index >= 15 is 0 Å². The number of halogens is 1. The molecule has 0 atom stereocenters. The van der Waals surface area contributed by atoms with Gasteiger partial charge in [-0.3, -0.25) is 14.9 Å². The first-order valence-electron chi connectivity index (χ1n) is 6.50. The summed E-state index contributed by atoms with van der Waals surface area (Å²) in [6, 6.07) is 14.1. The Labute approximate surface area is 126 Å². The monoisotopic (exact) mass is 300 g/mol. The molecule has 112 valence electrons. The van der Waals surface area contributed by atoms with Gasteiger partial charge in [-0.25, -0.2) is 4.39 Å². The van der Waals surface area contributed by atoms with Gasteiger partial charge >= 0.3 is 11.6 Å². The molecule has 0 bridgehead atoms. The molecule has 0 saturated heterocycles. The molecule has 0 radical (unpaired) electrons. The fourth-order valence-corrected chi connectivity index (χ4v) is 1.79. The van der Waals surface area contributed by atoms with Gasteiger partial charge in [-0.2, -0.15) is 0 Å². The molecule has 0 aliphatic heterocycles. The highest BCUT2D eigenvalue weighted by atomic mass is 19.1. The lowest BCUT2D eigenvalue weighted by Crippen LogP contribution is -2.27. The first-order chi connectivity index (χ1) is 10.6. The van der Waals surface area contributed by atoms with Gasteiger partial charge in [0.25, 0.3) is 0 Å². The first-order valence-corrected chi connectivity index (χ1v) is 6.50. The van der Waals surface area contributed by atoms with Crippen LogP contribution in [0.1, 0.15) is 11.1 Å². The smallest absolute Gasteiger partial charge is 0.334 e. The van der Waals surface area contributed by atoms with Crippen molar-refractivity contribution < 1.29 is 14.1 Å². The van der Waals surface area contributed by atoms with Crippen molar-refractivity contribution in [2.45, 2.75) is 6.54 Å². The molecule has 2 aromatic rings. The average molecular weight is 300 g/mol. The molecule has 1 N–H and O–H groups in total. The van der Waals surface area contributed by atoms with Crippen molar-refractivity contribution in [1.29, 1.82) is 0 Å². The van der Waals surface area contributed by atoms with Crippen molar-refractivity contribution in [1.82, 2.24) is 5.32 Å². The summed E-state index contributed by atoms with van der Waals surface area (Å²) < 4.78 is 12.8. The van der Waals surface area contributed by atoms with Crippen LogP contribution in [0.3, 0.4) is 0 Å². The second kappa shape index (κ2) is 7.12. The van der Waals surface area contributed by atoms with Gasteiger partial charge in [0, 0.05) is 12.6 Å². The highest BCUT2D eigenvalue weighted by Crippen LogP contribution is 2.09. The number of hydrogen-bond acceptors (Lipinski definition) is 3. The topological polar surface area (TPSA) is 72.2 Å². The zero-order valence-corrected chi connectivity index (χ0v) is 11.5. The summed E-state index contributed by atoms with van der Waals surface area (Å²) in [4.78, 5) is 22.2. The van der Waals surface area contributed by atoms with Crippen LogP contribution in [0.5, 0.6) is 0 Å². The maximum absolute atomic E-state index is 12.8. The van der Waals surface area contributed by atoms with Crippen LogP contribution in [0.25, 0.3) is 6.08 Å². The van der Waals surface area contributed by atoms with E-state index in [4.69, 9.17) is 0 Å². The molecule has 5 nitrogen and oxygen atoms in total. The van der Waals surface area contributed by atoms with Gasteiger partial charge in [0.15, 0.2) is 0 Å². The van der Waals surface area contributed by atoms with Crippen molar-refractivity contribution >= 4 is 12.0 Å². The fourth-order valence-electron chi connectivity index (χ4n) is 1.79. The average Bonchev–Trinajstić information content (AvgIpc) is 2.52. The van der Waals surface area contributed by atoms with Crippen LogP contribution in [0, 0.1) is 15.9 Å². The van der Waals surface area contributed by atoms with Crippen molar-refractivity contribution in [3.63, 3.8) is 0 Å². The van der Waals surface area contributed by atoms with E-state index in [-0.39, 0.29) is 6.54 Å². The molecule has 2 rings (SSSR count). The first kappa shape index (κ1) is 15.4. The zero-order chi connectivity index (χ0) is 15.9. The van der Waals surface area contributed by atoms with Crippen molar-refractivity contribution in [2.75, 3.05) is 0 Å². The van der Waals surface area contributed by atoms with E-state index in [0.29, 0.717) is 5.56 Å². The van der Waals surface area contributed by atoms with Crippen LogP contribution in [0.15, 0.2) is 60.3 Å². The predicted octanol–water partition coefficient (Wildman–Crippen LogP) is 2.76. The number of benzene rings is 2. The van der Waals surface area contributed by atoms with Crippen LogP contribution >= 0.6 is 0 Å². The number of nitrogens with zero attached hydrogens (tertiary/aromatic N) is 1. The molecule has 0 aliphatic rings. The maximum Gasteiger partial charge on any atom is 0.334 e. The summed E-state index contributed by atoms with van der Waals surface area (Å²) in [5.41, 5.74) is 0.617. The van der Waals surface area contributed by atoms with Crippen LogP contribution in [0.4, 0.5) is 4.39 Å². The van der Waals surface area contributed by atoms with Crippen molar-refractivity contribution in [2.24, 2.45) is 0 Å². The summed E-state index contributed by atoms with van der Waals surface area (Å²) in [5, 5.41) is 13.5. The molecule has 0 spiro atoms. The van der Waals surface area contributed by atoms with Gasteiger partial charge in [0.05, 0.1) is 4.92 Å². The normalized spacial score (nSPS) is 11.0. The van der Waals surface area contributed by atoms with Crippen molar-refractivity contribution in [3.8, 4) is 0 Å². The van der Waals surface area contributed by atoms with Gasteiger partial charge in [-0.1, -0.05) is 42.5 Å². The quantitative estimate of drug-likeness (QED) is 0.524. The highest BCUT2D eigenvalue weighted by Gasteiger charge is 2.21. The Bertz CT molecular complexity index is 697. The molecule has 0 heterocycles. The lowest BCUT2D eigenvalue weighted by atomic mass is 10.2. The SMILES string of the molecule is O=C(NCc1ccccc1)/C(=C/c1ccc(F)cc1)[N+](=O)[O-]. The lowest BCUT2D eigenvalue weighted by Gasteiger charge is -2.03. The number of rotatable bonds is 5. The van der Waals surface area contributed by atoms with Gasteiger partial charge < -0.3 is 5.32 Å². The summed E-state index contributed by atoms with van der Waals surface area (Å²) in [6.07, 6.45) is 1.11. The largest absolute Gasteiger partial charge is 0.343 e. The zero-order valence-electron chi connectivity index (χ0n) is 11.5. The highest BCUT2D eigenvalue weighted by molar-refractivity contribution is 5.95. The van der Waals surface area contributed by atoms with Crippen LogP contribution in [0.2, 0.25) is 0 Å². The van der Waals surface area contributed by atoms with Crippen molar-refractivity contribution in [3.05, 3.63) is 87.4 Å². The van der Waals surface area contributed by atoms with E-state index in [9.17, 15) is 19.3 Å². The van der Waals surface area contributed by atoms with E-state index in [2.05, 4.69) is 5.32 Å². The van der Waals surface area contributed by atoms with E-state index in [1.165, 1.54) is 24.3 Å². The Hall–Kier alpha value is -3.02. The maximum atomic E-state index is 12.8. The lowest BCUT2D eigenvalue weighted by molar-refractivity contribution is -0.417. The molecule has 0 unspecified atom stereocenters. The molecule has 22 heavy (non-hydrogen) atoms. The molecular formula is C16H13FN2O3. The number of nitro groups is 1. The van der Waals surface area contributed by atoms with Crippen LogP contribution in [-0.4, -0.2) is 10.8 Å². The predicted molar refractivity (Wildman–Crippen MR) is 79.7 cm³/mol. The minimum atomic E-state index is -0.793. The summed E-state index contributed by atoms with van der Waals surface area (Å²) in [7, 11) is 0. The standard InChI is InChI=1S/C16H13FN2O3/c17-14-8-6-12(7-9-14)10-15(19(21)22)16(20)18-11-13-4-2-1-3-5-13/h1-10H,11H2,(H,18,20)/b15-10-. The number of hydrogen-bond donors (Lipinski definition) is 1. The molecule has 1 amide bonds. The Morgan fingerprint density at radius 3 is 2.36 bits per heavy atom. The van der Waals surface area contributed by atoms with E-state index < -0.39 is 22.3 Å². The van der Waals surface area contributed by atoms with Crippen LogP contribution in [-0.2, 0) is 11.3 Å². The third kappa shape index (κ3) is 4.24. The minimum Gasteiger partial charge on any atom is -0.343 e. The van der Waals surface area contributed by atoms with Gasteiger partial charge in [0.1, 0.15) is 5.82 Å². The number of amides is 1. The minimum absolute atomic E-state index is 0.189. The van der Waals surface area contributed by atoms with E-state index in [1.54, 1.807) is 12.1 Å². The molecule has 0 aliphatic carbocycles. The van der Waals surface area contributed by atoms with Gasteiger partial charge in [-0.05, 0) is 23.3 Å². The summed E-state index contributed by atoms with van der Waals surface area (Å²) >= 11 is 0. The molecule has 2 aromatic carbocycles. The number of carbonyl (C=O) groups is 1. The number of carbonyl (C=O) groups excluding carboxylic acids is 1. The van der Waals surface area contributed by atoms with Gasteiger partial charge in [-0.15, -0.1) is 0 Å². The molecule has 0 saturated carbocycles. The Balaban J connectivity index is 2.12. The van der Waals surface area contributed by atoms with E-state index in [1.807, 2.05) is 18.2 Å². The number of nitrogens with one attached hydrogen (secondary N) is 1. The fraction of sp³-hybridized carbons (Fsp3) is 0.0625. The van der Waals surface area contributed by atoms with Gasteiger partial charge in [0.2, 0.25) is 0 Å². The Morgan fingerprint density at radius 1 is 1.14 bits per heavy atom. The Morgan fingerprint density at radius 2 is 1.77 bits per heavy atom. The molecule has 0 aromatic heterocycles. The summed E-state index contributed by atoms with van der Waals surface area (Å²) in [5.74, 6) is -1.24. The second-order valence-electron chi connectivity index (χ2n) is 4.51. The third-order valence-electron chi connectivity index (χ3n) is 2.90. The second-order valence-corrected chi connectivity index (χ2v) is 4.51. The third-order valence-corrected chi connectivity index (χ3v) is 2.90. The van der Waals surface area contributed by atoms with Crippen LogP contribution < -0.4 is 5.32 Å². The molecular weight excluding hydrogens is 287 g/mol. The molecule has 0 fully saturated rings.